The number of hydrogen-bond donors (Lipinski definition) is 1. The van der Waals surface area contributed by atoms with Gasteiger partial charge in [0.2, 0.25) is 10.0 Å². The lowest BCUT2D eigenvalue weighted by Gasteiger charge is -2.19. The summed E-state index contributed by atoms with van der Waals surface area (Å²) in [6.45, 7) is 5.12. The van der Waals surface area contributed by atoms with Crippen LogP contribution in [0.2, 0.25) is 0 Å². The molecule has 0 spiro atoms. The van der Waals surface area contributed by atoms with Crippen LogP contribution in [-0.4, -0.2) is 35.5 Å². The van der Waals surface area contributed by atoms with Crippen molar-refractivity contribution in [2.45, 2.75) is 31.8 Å². The van der Waals surface area contributed by atoms with E-state index in [4.69, 9.17) is 5.11 Å². The van der Waals surface area contributed by atoms with Crippen molar-refractivity contribution in [3.8, 4) is 0 Å². The molecule has 0 bridgehead atoms. The highest BCUT2D eigenvalue weighted by Crippen LogP contribution is 2.33. The third-order valence-electron chi connectivity index (χ3n) is 3.52. The van der Waals surface area contributed by atoms with Gasteiger partial charge >= 0.3 is 0 Å². The van der Waals surface area contributed by atoms with Crippen molar-refractivity contribution in [3.05, 3.63) is 18.0 Å². The van der Waals surface area contributed by atoms with Gasteiger partial charge in [0.05, 0.1) is 6.61 Å². The summed E-state index contributed by atoms with van der Waals surface area (Å²) in [7, 11) is -1.69. The molecule has 1 fully saturated rings. The van der Waals surface area contributed by atoms with Crippen LogP contribution < -0.4 is 0 Å². The Morgan fingerprint density at radius 2 is 2.11 bits per heavy atom. The van der Waals surface area contributed by atoms with Crippen LogP contribution in [0, 0.1) is 5.41 Å². The maximum atomic E-state index is 12.4. The van der Waals surface area contributed by atoms with Crippen LogP contribution in [0.3, 0.4) is 0 Å². The summed E-state index contributed by atoms with van der Waals surface area (Å²) < 4.78 is 28.0. The van der Waals surface area contributed by atoms with Crippen molar-refractivity contribution in [3.63, 3.8) is 0 Å². The lowest BCUT2D eigenvalue weighted by molar-refractivity contribution is 0.272. The van der Waals surface area contributed by atoms with Gasteiger partial charge < -0.3 is 9.67 Å². The Kier molecular flexibility index (Phi) is 3.29. The van der Waals surface area contributed by atoms with E-state index in [1.807, 2.05) is 0 Å². The molecule has 1 aromatic rings. The highest BCUT2D eigenvalue weighted by atomic mass is 32.2. The zero-order chi connectivity index (χ0) is 13.6. The van der Waals surface area contributed by atoms with Gasteiger partial charge in [0.1, 0.15) is 4.90 Å². The van der Waals surface area contributed by atoms with E-state index in [0.29, 0.717) is 18.8 Å². The molecule has 18 heavy (non-hydrogen) atoms. The second-order valence-corrected chi connectivity index (χ2v) is 7.63. The fourth-order valence-electron chi connectivity index (χ4n) is 2.29. The van der Waals surface area contributed by atoms with Crippen molar-refractivity contribution in [1.82, 2.24) is 8.87 Å². The summed E-state index contributed by atoms with van der Waals surface area (Å²) in [4.78, 5) is 0.270. The Labute approximate surface area is 108 Å². The molecule has 1 saturated heterocycles. The van der Waals surface area contributed by atoms with Gasteiger partial charge in [0.15, 0.2) is 0 Å². The first-order chi connectivity index (χ1) is 8.26. The highest BCUT2D eigenvalue weighted by Gasteiger charge is 2.37. The molecule has 0 aromatic carbocycles. The molecule has 102 valence electrons. The predicted molar refractivity (Wildman–Crippen MR) is 68.5 cm³/mol. The fraction of sp³-hybridized carbons (Fsp3) is 0.667. The van der Waals surface area contributed by atoms with E-state index in [1.165, 1.54) is 4.31 Å². The zero-order valence-corrected chi connectivity index (χ0v) is 11.9. The second-order valence-electron chi connectivity index (χ2n) is 5.69. The van der Waals surface area contributed by atoms with Crippen LogP contribution in [0.25, 0.3) is 0 Å². The number of aliphatic hydroxyl groups excluding tert-OH is 1. The van der Waals surface area contributed by atoms with E-state index in [0.717, 1.165) is 6.42 Å². The van der Waals surface area contributed by atoms with Crippen molar-refractivity contribution in [2.24, 2.45) is 12.5 Å². The van der Waals surface area contributed by atoms with Gasteiger partial charge in [-0.25, -0.2) is 8.42 Å². The first kappa shape index (κ1) is 13.6. The van der Waals surface area contributed by atoms with Gasteiger partial charge in [-0.15, -0.1) is 0 Å². The van der Waals surface area contributed by atoms with Gasteiger partial charge in [0, 0.05) is 32.0 Å². The van der Waals surface area contributed by atoms with E-state index < -0.39 is 10.0 Å². The maximum absolute atomic E-state index is 12.4. The standard InChI is InChI=1S/C12H20N2O3S/c1-12(2)4-5-14(9-12)18(16,17)11-6-10(8-15)13(3)7-11/h6-7,15H,4-5,8-9H2,1-3H3. The fourth-order valence-corrected chi connectivity index (χ4v) is 4.02. The number of sulfonamides is 1. The van der Waals surface area contributed by atoms with Gasteiger partial charge in [-0.2, -0.15) is 4.31 Å². The number of rotatable bonds is 3. The Balaban J connectivity index is 2.31. The van der Waals surface area contributed by atoms with Gasteiger partial charge in [-0.3, -0.25) is 0 Å². The number of aliphatic hydroxyl groups is 1. The van der Waals surface area contributed by atoms with Crippen LogP contribution in [0.15, 0.2) is 17.2 Å². The topological polar surface area (TPSA) is 62.5 Å². The minimum atomic E-state index is -3.42. The van der Waals surface area contributed by atoms with Gasteiger partial charge in [-0.1, -0.05) is 13.8 Å². The van der Waals surface area contributed by atoms with Crippen molar-refractivity contribution in [1.29, 1.82) is 0 Å². The van der Waals surface area contributed by atoms with Gasteiger partial charge in [-0.05, 0) is 17.9 Å². The molecule has 2 heterocycles. The van der Waals surface area contributed by atoms with E-state index in [9.17, 15) is 8.42 Å². The summed E-state index contributed by atoms with van der Waals surface area (Å²) >= 11 is 0. The summed E-state index contributed by atoms with van der Waals surface area (Å²) in [6.07, 6.45) is 2.44. The lowest BCUT2D eigenvalue weighted by Crippen LogP contribution is -2.30. The number of aromatic nitrogens is 1. The quantitative estimate of drug-likeness (QED) is 0.890. The van der Waals surface area contributed by atoms with Crippen LogP contribution in [0.1, 0.15) is 26.0 Å². The molecule has 1 aromatic heterocycles. The van der Waals surface area contributed by atoms with Crippen molar-refractivity contribution in [2.75, 3.05) is 13.1 Å². The molecule has 2 rings (SSSR count). The van der Waals surface area contributed by atoms with E-state index in [-0.39, 0.29) is 16.9 Å². The number of nitrogens with zero attached hydrogens (tertiary/aromatic N) is 2. The monoisotopic (exact) mass is 272 g/mol. The Morgan fingerprint density at radius 3 is 2.56 bits per heavy atom. The molecule has 0 unspecified atom stereocenters. The Hall–Kier alpha value is -0.850. The normalized spacial score (nSPS) is 20.4. The summed E-state index contributed by atoms with van der Waals surface area (Å²) in [5.41, 5.74) is 0.647. The van der Waals surface area contributed by atoms with E-state index in [1.54, 1.807) is 23.9 Å². The SMILES string of the molecule is Cn1cc(S(=O)(=O)N2CCC(C)(C)C2)cc1CO. The highest BCUT2D eigenvalue weighted by molar-refractivity contribution is 7.89. The van der Waals surface area contributed by atoms with Crippen molar-refractivity contribution >= 4 is 10.0 Å². The molecule has 0 atom stereocenters. The third-order valence-corrected chi connectivity index (χ3v) is 5.34. The molecule has 0 saturated carbocycles. The predicted octanol–water partition coefficient (Wildman–Crippen LogP) is 0.938. The molecule has 1 aliphatic rings. The number of hydrogen-bond acceptors (Lipinski definition) is 3. The molecule has 0 amide bonds. The first-order valence-corrected chi connectivity index (χ1v) is 7.46. The van der Waals surface area contributed by atoms with Gasteiger partial charge in [0.25, 0.3) is 0 Å². The molecule has 0 radical (unpaired) electrons. The summed E-state index contributed by atoms with van der Waals surface area (Å²) in [5, 5.41) is 9.12. The average molecular weight is 272 g/mol. The molecule has 0 aliphatic carbocycles. The first-order valence-electron chi connectivity index (χ1n) is 6.02. The summed E-state index contributed by atoms with van der Waals surface area (Å²) in [5.74, 6) is 0. The van der Waals surface area contributed by atoms with Crippen LogP contribution in [0.4, 0.5) is 0 Å². The lowest BCUT2D eigenvalue weighted by atomic mass is 9.93. The summed E-state index contributed by atoms with van der Waals surface area (Å²) in [6, 6.07) is 1.54. The van der Waals surface area contributed by atoms with E-state index in [2.05, 4.69) is 13.8 Å². The maximum Gasteiger partial charge on any atom is 0.244 e. The van der Waals surface area contributed by atoms with Crippen molar-refractivity contribution < 1.29 is 13.5 Å². The molecule has 5 nitrogen and oxygen atoms in total. The molecule has 6 heteroatoms. The Morgan fingerprint density at radius 1 is 1.44 bits per heavy atom. The minimum Gasteiger partial charge on any atom is -0.390 e. The van der Waals surface area contributed by atoms with Crippen LogP contribution in [-0.2, 0) is 23.7 Å². The molecule has 1 N–H and O–H groups in total. The average Bonchev–Trinajstić information content (AvgIpc) is 2.82. The Bertz CT molecular complexity index is 546. The largest absolute Gasteiger partial charge is 0.390 e. The molecule has 1 aliphatic heterocycles. The smallest absolute Gasteiger partial charge is 0.244 e. The minimum absolute atomic E-state index is 0.0433. The van der Waals surface area contributed by atoms with E-state index >= 15 is 0 Å². The van der Waals surface area contributed by atoms with Crippen LogP contribution >= 0.6 is 0 Å². The van der Waals surface area contributed by atoms with Crippen LogP contribution in [0.5, 0.6) is 0 Å². The second kappa shape index (κ2) is 4.36. The number of aryl methyl sites for hydroxylation is 1. The molecular formula is C12H20N2O3S. The molecular weight excluding hydrogens is 252 g/mol. The zero-order valence-electron chi connectivity index (χ0n) is 11.0. The third kappa shape index (κ3) is 2.32.